The quantitative estimate of drug-likeness (QED) is 0.499. The summed E-state index contributed by atoms with van der Waals surface area (Å²) in [5.74, 6) is 1.58. The third kappa shape index (κ3) is 4.14. The molecular formula is C20H19N3O4. The van der Waals surface area contributed by atoms with Crippen LogP contribution in [-0.4, -0.2) is 24.1 Å². The fourth-order valence-electron chi connectivity index (χ4n) is 2.79. The monoisotopic (exact) mass is 365 g/mol. The van der Waals surface area contributed by atoms with Gasteiger partial charge < -0.3 is 14.8 Å². The van der Waals surface area contributed by atoms with E-state index in [4.69, 9.17) is 9.47 Å². The van der Waals surface area contributed by atoms with Gasteiger partial charge in [0.15, 0.2) is 0 Å². The van der Waals surface area contributed by atoms with Gasteiger partial charge in [0, 0.05) is 12.3 Å². The second-order valence-corrected chi connectivity index (χ2v) is 5.76. The van der Waals surface area contributed by atoms with Crippen LogP contribution in [0.5, 0.6) is 11.5 Å². The molecule has 0 spiro atoms. The van der Waals surface area contributed by atoms with E-state index in [9.17, 15) is 10.1 Å². The minimum absolute atomic E-state index is 0.0895. The van der Waals surface area contributed by atoms with Crippen molar-refractivity contribution in [2.24, 2.45) is 0 Å². The maximum Gasteiger partial charge on any atom is 0.311 e. The van der Waals surface area contributed by atoms with Gasteiger partial charge in [-0.3, -0.25) is 10.1 Å². The van der Waals surface area contributed by atoms with Crippen LogP contribution in [0.25, 0.3) is 0 Å². The van der Waals surface area contributed by atoms with E-state index >= 15 is 0 Å². The lowest BCUT2D eigenvalue weighted by Gasteiger charge is -2.21. The average molecular weight is 365 g/mol. The van der Waals surface area contributed by atoms with Gasteiger partial charge in [0.25, 0.3) is 0 Å². The van der Waals surface area contributed by atoms with Crippen LogP contribution in [-0.2, 0) is 0 Å². The molecule has 0 fully saturated rings. The summed E-state index contributed by atoms with van der Waals surface area (Å²) >= 11 is 0. The number of nitro groups is 1. The standard InChI is InChI=1S/C20H19N3O4/c1-26-16-8-3-6-14(12-16)19(15-7-4-9-17(13-15)27-2)22-20-18(23(24)25)10-5-11-21-20/h3-13,19H,1-2H3,(H,21,22). The van der Waals surface area contributed by atoms with Crippen LogP contribution in [0.1, 0.15) is 17.2 Å². The lowest BCUT2D eigenvalue weighted by atomic mass is 9.98. The predicted molar refractivity (Wildman–Crippen MR) is 102 cm³/mol. The summed E-state index contributed by atoms with van der Waals surface area (Å²) in [5.41, 5.74) is 1.67. The molecule has 0 aliphatic carbocycles. The van der Waals surface area contributed by atoms with Crippen molar-refractivity contribution in [1.82, 2.24) is 4.98 Å². The van der Waals surface area contributed by atoms with Crippen molar-refractivity contribution in [2.45, 2.75) is 6.04 Å². The van der Waals surface area contributed by atoms with E-state index in [1.165, 1.54) is 18.3 Å². The summed E-state index contributed by atoms with van der Waals surface area (Å²) in [6.07, 6.45) is 1.52. The molecule has 0 bridgehead atoms. The lowest BCUT2D eigenvalue weighted by Crippen LogP contribution is -2.14. The van der Waals surface area contributed by atoms with E-state index < -0.39 is 4.92 Å². The smallest absolute Gasteiger partial charge is 0.311 e. The number of aromatic nitrogens is 1. The first-order valence-corrected chi connectivity index (χ1v) is 8.26. The summed E-state index contributed by atoms with van der Waals surface area (Å²) in [4.78, 5) is 15.1. The van der Waals surface area contributed by atoms with Crippen LogP contribution in [0.3, 0.4) is 0 Å². The Morgan fingerprint density at radius 1 is 0.963 bits per heavy atom. The molecular weight excluding hydrogens is 346 g/mol. The Morgan fingerprint density at radius 2 is 1.56 bits per heavy atom. The number of methoxy groups -OCH3 is 2. The molecule has 0 saturated carbocycles. The van der Waals surface area contributed by atoms with Crippen molar-refractivity contribution in [3.8, 4) is 11.5 Å². The summed E-state index contributed by atoms with van der Waals surface area (Å²) in [6.45, 7) is 0. The number of ether oxygens (including phenoxy) is 2. The molecule has 27 heavy (non-hydrogen) atoms. The summed E-state index contributed by atoms with van der Waals surface area (Å²) < 4.78 is 10.6. The molecule has 0 saturated heterocycles. The highest BCUT2D eigenvalue weighted by molar-refractivity contribution is 5.58. The van der Waals surface area contributed by atoms with E-state index in [0.717, 1.165) is 11.1 Å². The van der Waals surface area contributed by atoms with Crippen molar-refractivity contribution in [3.63, 3.8) is 0 Å². The van der Waals surface area contributed by atoms with Crippen molar-refractivity contribution in [3.05, 3.63) is 88.1 Å². The third-order valence-corrected chi connectivity index (χ3v) is 4.12. The Balaban J connectivity index is 2.08. The van der Waals surface area contributed by atoms with Crippen LogP contribution in [0.4, 0.5) is 11.5 Å². The minimum atomic E-state index is -0.455. The van der Waals surface area contributed by atoms with Crippen molar-refractivity contribution >= 4 is 11.5 Å². The molecule has 0 amide bonds. The average Bonchev–Trinajstić information content (AvgIpc) is 2.72. The largest absolute Gasteiger partial charge is 0.497 e. The molecule has 0 radical (unpaired) electrons. The second kappa shape index (κ2) is 8.18. The topological polar surface area (TPSA) is 86.5 Å². The maximum absolute atomic E-state index is 11.4. The molecule has 2 aromatic carbocycles. The van der Waals surface area contributed by atoms with Crippen LogP contribution < -0.4 is 14.8 Å². The molecule has 138 valence electrons. The molecule has 0 atom stereocenters. The van der Waals surface area contributed by atoms with E-state index in [1.807, 2.05) is 48.5 Å². The first kappa shape index (κ1) is 18.2. The fraction of sp³-hybridized carbons (Fsp3) is 0.150. The Hall–Kier alpha value is -3.61. The number of rotatable bonds is 7. The molecule has 7 heteroatoms. The highest BCUT2D eigenvalue weighted by Gasteiger charge is 2.21. The first-order valence-electron chi connectivity index (χ1n) is 8.26. The van der Waals surface area contributed by atoms with Gasteiger partial charge in [0.1, 0.15) is 11.5 Å². The van der Waals surface area contributed by atoms with Gasteiger partial charge in [-0.25, -0.2) is 4.98 Å². The molecule has 0 aliphatic rings. The second-order valence-electron chi connectivity index (χ2n) is 5.76. The molecule has 0 unspecified atom stereocenters. The van der Waals surface area contributed by atoms with Gasteiger partial charge in [-0.1, -0.05) is 24.3 Å². The maximum atomic E-state index is 11.4. The van der Waals surface area contributed by atoms with Crippen LogP contribution in [0.2, 0.25) is 0 Å². The summed E-state index contributed by atoms with van der Waals surface area (Å²) in [7, 11) is 3.19. The number of hydrogen-bond donors (Lipinski definition) is 1. The zero-order chi connectivity index (χ0) is 19.2. The minimum Gasteiger partial charge on any atom is -0.497 e. The fourth-order valence-corrected chi connectivity index (χ4v) is 2.79. The van der Waals surface area contributed by atoms with Gasteiger partial charge in [-0.15, -0.1) is 0 Å². The van der Waals surface area contributed by atoms with Crippen LogP contribution in [0, 0.1) is 10.1 Å². The van der Waals surface area contributed by atoms with E-state index in [1.54, 1.807) is 14.2 Å². The Morgan fingerprint density at radius 3 is 2.07 bits per heavy atom. The van der Waals surface area contributed by atoms with Gasteiger partial charge in [0.05, 0.1) is 25.2 Å². The number of nitrogens with zero attached hydrogens (tertiary/aromatic N) is 2. The lowest BCUT2D eigenvalue weighted by molar-refractivity contribution is -0.384. The van der Waals surface area contributed by atoms with Crippen LogP contribution in [0.15, 0.2) is 66.9 Å². The SMILES string of the molecule is COc1cccc(C(Nc2ncccc2[N+](=O)[O-])c2cccc(OC)c2)c1. The number of pyridine rings is 1. The summed E-state index contributed by atoms with van der Waals surface area (Å²) in [6, 6.07) is 17.6. The van der Waals surface area contributed by atoms with Crippen molar-refractivity contribution < 1.29 is 14.4 Å². The third-order valence-electron chi connectivity index (χ3n) is 4.12. The van der Waals surface area contributed by atoms with E-state index in [2.05, 4.69) is 10.3 Å². The van der Waals surface area contributed by atoms with Gasteiger partial charge in [0.2, 0.25) is 5.82 Å². The molecule has 3 rings (SSSR count). The van der Waals surface area contributed by atoms with Crippen molar-refractivity contribution in [1.29, 1.82) is 0 Å². The normalized spacial score (nSPS) is 10.5. The molecule has 7 nitrogen and oxygen atoms in total. The molecule has 3 aromatic rings. The zero-order valence-electron chi connectivity index (χ0n) is 15.0. The van der Waals surface area contributed by atoms with Gasteiger partial charge in [-0.05, 0) is 41.5 Å². The number of hydrogen-bond acceptors (Lipinski definition) is 6. The van der Waals surface area contributed by atoms with E-state index in [0.29, 0.717) is 11.5 Å². The molecule has 1 N–H and O–H groups in total. The van der Waals surface area contributed by atoms with Gasteiger partial charge in [-0.2, -0.15) is 0 Å². The Bertz CT molecular complexity index is 898. The molecule has 1 aromatic heterocycles. The number of anilines is 1. The predicted octanol–water partition coefficient (Wildman–Crippen LogP) is 4.21. The highest BCUT2D eigenvalue weighted by Crippen LogP contribution is 2.32. The number of nitrogens with one attached hydrogen (secondary N) is 1. The zero-order valence-corrected chi connectivity index (χ0v) is 15.0. The Kier molecular flexibility index (Phi) is 5.51. The van der Waals surface area contributed by atoms with E-state index in [-0.39, 0.29) is 17.5 Å². The summed E-state index contributed by atoms with van der Waals surface area (Å²) in [5, 5.41) is 14.6. The number of benzene rings is 2. The molecule has 0 aliphatic heterocycles. The highest BCUT2D eigenvalue weighted by atomic mass is 16.6. The van der Waals surface area contributed by atoms with Gasteiger partial charge >= 0.3 is 5.69 Å². The Labute approximate surface area is 156 Å². The van der Waals surface area contributed by atoms with Crippen LogP contribution >= 0.6 is 0 Å². The first-order chi connectivity index (χ1) is 13.1. The van der Waals surface area contributed by atoms with Crippen molar-refractivity contribution in [2.75, 3.05) is 19.5 Å². The molecule has 1 heterocycles.